The van der Waals surface area contributed by atoms with E-state index in [1.807, 2.05) is 6.20 Å². The molecule has 0 radical (unpaired) electrons. The number of rotatable bonds is 0. The lowest BCUT2D eigenvalue weighted by atomic mass is 9.75. The lowest BCUT2D eigenvalue weighted by molar-refractivity contribution is 0.266. The van der Waals surface area contributed by atoms with Crippen molar-refractivity contribution in [1.29, 1.82) is 0 Å². The first-order valence-corrected chi connectivity index (χ1v) is 6.66. The van der Waals surface area contributed by atoms with Crippen LogP contribution >= 0.6 is 0 Å². The fourth-order valence-corrected chi connectivity index (χ4v) is 3.30. The summed E-state index contributed by atoms with van der Waals surface area (Å²) in [4.78, 5) is 4.52. The molecule has 0 saturated heterocycles. The Morgan fingerprint density at radius 3 is 3.18 bits per heavy atom. The van der Waals surface area contributed by atoms with Crippen molar-refractivity contribution < 1.29 is 0 Å². The second-order valence-electron chi connectivity index (χ2n) is 5.87. The summed E-state index contributed by atoms with van der Waals surface area (Å²) >= 11 is 0. The Morgan fingerprint density at radius 2 is 2.35 bits per heavy atom. The fourth-order valence-electron chi connectivity index (χ4n) is 3.30. The van der Waals surface area contributed by atoms with Gasteiger partial charge in [0.1, 0.15) is 5.82 Å². The van der Waals surface area contributed by atoms with E-state index in [2.05, 4.69) is 35.5 Å². The molecule has 0 bridgehead atoms. The van der Waals surface area contributed by atoms with Crippen LogP contribution in [0.2, 0.25) is 0 Å². The number of nitrogens with zero attached hydrogens (tertiary/aromatic N) is 1. The van der Waals surface area contributed by atoms with Crippen LogP contribution in [0.4, 0.5) is 11.5 Å². The van der Waals surface area contributed by atoms with E-state index < -0.39 is 0 Å². The molecule has 1 saturated carbocycles. The lowest BCUT2D eigenvalue weighted by Gasteiger charge is -2.44. The van der Waals surface area contributed by atoms with Gasteiger partial charge >= 0.3 is 0 Å². The molecule has 2 N–H and O–H groups in total. The number of aromatic nitrogens is 1. The quantitative estimate of drug-likeness (QED) is 0.720. The molecule has 1 aliphatic carbocycles. The van der Waals surface area contributed by atoms with Gasteiger partial charge in [-0.25, -0.2) is 4.98 Å². The average molecular weight is 231 g/mol. The topological polar surface area (TPSA) is 37.0 Å². The SMILES string of the molecule is Cc1cnc2c(c1)NCC1(CCCC(C)C1)N2. The Kier molecular flexibility index (Phi) is 2.49. The molecule has 1 aromatic heterocycles. The van der Waals surface area contributed by atoms with E-state index in [-0.39, 0.29) is 5.54 Å². The van der Waals surface area contributed by atoms with Crippen LogP contribution in [-0.4, -0.2) is 17.1 Å². The Labute approximate surface area is 103 Å². The first-order valence-electron chi connectivity index (χ1n) is 6.66. The summed E-state index contributed by atoms with van der Waals surface area (Å²) in [6.07, 6.45) is 7.17. The molecular formula is C14H21N3. The van der Waals surface area contributed by atoms with Crippen molar-refractivity contribution in [3.8, 4) is 0 Å². The van der Waals surface area contributed by atoms with Crippen LogP contribution in [0.5, 0.6) is 0 Å². The van der Waals surface area contributed by atoms with Crippen LogP contribution in [-0.2, 0) is 0 Å². The molecule has 2 aliphatic rings. The van der Waals surface area contributed by atoms with E-state index in [4.69, 9.17) is 0 Å². The van der Waals surface area contributed by atoms with Gasteiger partial charge in [0.25, 0.3) is 0 Å². The lowest BCUT2D eigenvalue weighted by Crippen LogP contribution is -2.50. The van der Waals surface area contributed by atoms with Crippen molar-refractivity contribution >= 4 is 11.5 Å². The predicted octanol–water partition coefficient (Wildman–Crippen LogP) is 3.18. The van der Waals surface area contributed by atoms with Gasteiger partial charge in [-0.05, 0) is 37.3 Å². The third-order valence-corrected chi connectivity index (χ3v) is 4.12. The largest absolute Gasteiger partial charge is 0.380 e. The van der Waals surface area contributed by atoms with E-state index in [9.17, 15) is 0 Å². The predicted molar refractivity (Wildman–Crippen MR) is 71.4 cm³/mol. The molecule has 3 heteroatoms. The molecule has 1 aliphatic heterocycles. The third-order valence-electron chi connectivity index (χ3n) is 4.12. The molecule has 2 atom stereocenters. The minimum atomic E-state index is 0.243. The number of hydrogen-bond acceptors (Lipinski definition) is 3. The summed E-state index contributed by atoms with van der Waals surface area (Å²) in [6.45, 7) is 5.48. The van der Waals surface area contributed by atoms with Crippen LogP contribution < -0.4 is 10.6 Å². The molecule has 1 fully saturated rings. The van der Waals surface area contributed by atoms with Crippen molar-refractivity contribution in [2.45, 2.75) is 45.1 Å². The number of pyridine rings is 1. The molecule has 17 heavy (non-hydrogen) atoms. The number of anilines is 2. The highest BCUT2D eigenvalue weighted by Crippen LogP contribution is 2.39. The van der Waals surface area contributed by atoms with Gasteiger partial charge < -0.3 is 10.6 Å². The molecule has 2 unspecified atom stereocenters. The van der Waals surface area contributed by atoms with Crippen LogP contribution in [0.1, 0.15) is 38.2 Å². The third kappa shape index (κ3) is 1.99. The molecule has 3 rings (SSSR count). The van der Waals surface area contributed by atoms with Gasteiger partial charge in [0, 0.05) is 12.7 Å². The summed E-state index contributed by atoms with van der Waals surface area (Å²) in [7, 11) is 0. The first-order chi connectivity index (χ1) is 8.17. The van der Waals surface area contributed by atoms with Gasteiger partial charge in [0.2, 0.25) is 0 Å². The number of nitrogens with one attached hydrogen (secondary N) is 2. The van der Waals surface area contributed by atoms with Crippen LogP contribution in [0.3, 0.4) is 0 Å². The van der Waals surface area contributed by atoms with Crippen molar-refractivity contribution in [2.75, 3.05) is 17.2 Å². The monoisotopic (exact) mass is 231 g/mol. The number of aryl methyl sites for hydroxylation is 1. The van der Waals surface area contributed by atoms with Crippen LogP contribution in [0, 0.1) is 12.8 Å². The van der Waals surface area contributed by atoms with Gasteiger partial charge in [0.05, 0.1) is 11.2 Å². The van der Waals surface area contributed by atoms with Crippen molar-refractivity contribution in [1.82, 2.24) is 4.98 Å². The minimum Gasteiger partial charge on any atom is -0.380 e. The van der Waals surface area contributed by atoms with Gasteiger partial charge in [-0.15, -0.1) is 0 Å². The van der Waals surface area contributed by atoms with E-state index in [0.717, 1.165) is 24.0 Å². The molecule has 0 aromatic carbocycles. The van der Waals surface area contributed by atoms with E-state index >= 15 is 0 Å². The van der Waals surface area contributed by atoms with E-state index in [1.54, 1.807) is 0 Å². The zero-order valence-electron chi connectivity index (χ0n) is 10.7. The summed E-state index contributed by atoms with van der Waals surface area (Å²) in [6, 6.07) is 2.18. The highest BCUT2D eigenvalue weighted by molar-refractivity contribution is 5.68. The van der Waals surface area contributed by atoms with Crippen LogP contribution in [0.25, 0.3) is 0 Å². The molecule has 3 nitrogen and oxygen atoms in total. The zero-order chi connectivity index (χ0) is 11.9. The average Bonchev–Trinajstić information content (AvgIpc) is 2.30. The zero-order valence-corrected chi connectivity index (χ0v) is 10.7. The number of fused-ring (bicyclic) bond motifs is 1. The Balaban J connectivity index is 1.86. The molecular weight excluding hydrogens is 210 g/mol. The molecule has 0 amide bonds. The summed E-state index contributed by atoms with van der Waals surface area (Å²) < 4.78 is 0. The Morgan fingerprint density at radius 1 is 1.47 bits per heavy atom. The summed E-state index contributed by atoms with van der Waals surface area (Å²) in [5, 5.41) is 7.26. The van der Waals surface area contributed by atoms with Crippen molar-refractivity contribution in [2.24, 2.45) is 5.92 Å². The minimum absolute atomic E-state index is 0.243. The van der Waals surface area contributed by atoms with Gasteiger partial charge in [-0.2, -0.15) is 0 Å². The summed E-state index contributed by atoms with van der Waals surface area (Å²) in [5.41, 5.74) is 2.62. The van der Waals surface area contributed by atoms with Crippen LogP contribution in [0.15, 0.2) is 12.3 Å². The second kappa shape index (κ2) is 3.90. The standard InChI is InChI=1S/C14H21N3/c1-10-4-3-5-14(7-10)9-16-12-6-11(2)8-15-13(12)17-14/h6,8,10,16H,3-5,7,9H2,1-2H3,(H,15,17). The Bertz CT molecular complexity index is 429. The maximum atomic E-state index is 4.52. The highest BCUT2D eigenvalue weighted by Gasteiger charge is 2.37. The molecule has 2 heterocycles. The van der Waals surface area contributed by atoms with Gasteiger partial charge in [0.15, 0.2) is 0 Å². The van der Waals surface area contributed by atoms with E-state index in [0.29, 0.717) is 0 Å². The van der Waals surface area contributed by atoms with Crippen molar-refractivity contribution in [3.05, 3.63) is 17.8 Å². The molecule has 92 valence electrons. The van der Waals surface area contributed by atoms with E-state index in [1.165, 1.54) is 31.2 Å². The number of hydrogen-bond donors (Lipinski definition) is 2. The molecule has 1 spiro atoms. The second-order valence-corrected chi connectivity index (χ2v) is 5.87. The fraction of sp³-hybridized carbons (Fsp3) is 0.643. The van der Waals surface area contributed by atoms with Gasteiger partial charge in [-0.3, -0.25) is 0 Å². The first kappa shape index (κ1) is 10.9. The summed E-state index contributed by atoms with van der Waals surface area (Å²) in [5.74, 6) is 1.86. The molecule has 1 aromatic rings. The smallest absolute Gasteiger partial charge is 0.149 e. The Hall–Kier alpha value is -1.25. The van der Waals surface area contributed by atoms with Crippen molar-refractivity contribution in [3.63, 3.8) is 0 Å². The normalized spacial score (nSPS) is 31.5. The maximum absolute atomic E-state index is 4.52. The van der Waals surface area contributed by atoms with Gasteiger partial charge in [-0.1, -0.05) is 19.8 Å². The maximum Gasteiger partial charge on any atom is 0.149 e. The highest BCUT2D eigenvalue weighted by atomic mass is 15.2.